The fourth-order valence-corrected chi connectivity index (χ4v) is 12.0. The zero-order valence-corrected chi connectivity index (χ0v) is 46.5. The molecule has 0 radical (unpaired) electrons. The smallest absolute Gasteiger partial charge is 0.224 e. The summed E-state index contributed by atoms with van der Waals surface area (Å²) in [5, 5.41) is 281. The third-order valence-corrected chi connectivity index (χ3v) is 17.7. The van der Waals surface area contributed by atoms with Crippen LogP contribution in [0.3, 0.4) is 0 Å². The number of hydrogen-bond donors (Lipinski definition) is 26. The molecule has 8 aliphatic rings. The Morgan fingerprint density at radius 1 is 0.250 bits per heavy atom. The molecule has 1 saturated carbocycles. The molecule has 0 unspecified atom stereocenters. The van der Waals surface area contributed by atoms with Gasteiger partial charge in [0.15, 0.2) is 6.29 Å². The van der Waals surface area contributed by atoms with Crippen LogP contribution in [0.25, 0.3) is 0 Å². The Morgan fingerprint density at radius 3 is 0.852 bits per heavy atom. The molecule has 7 heterocycles. The maximum Gasteiger partial charge on any atom is 0.224 e. The van der Waals surface area contributed by atoms with Gasteiger partial charge < -0.3 is 199 Å². The first kappa shape index (κ1) is 72.2. The summed E-state index contributed by atoms with van der Waals surface area (Å²) in [6, 6.07) is 0. The van der Waals surface area contributed by atoms with Crippen molar-refractivity contribution in [1.29, 1.82) is 0 Å². The van der Waals surface area contributed by atoms with E-state index in [1.807, 2.05) is 0 Å². The molecule has 0 amide bonds. The largest absolute Gasteiger partial charge is 0.396 e. The lowest BCUT2D eigenvalue weighted by molar-refractivity contribution is -0.407. The predicted octanol–water partition coefficient (Wildman–Crippen LogP) is -18.2. The summed E-state index contributed by atoms with van der Waals surface area (Å²) < 4.78 is 81.4. The Balaban J connectivity index is 1.11. The lowest BCUT2D eigenvalue weighted by Crippen LogP contribution is -2.75. The normalized spacial score (nSPS) is 53.0. The van der Waals surface area contributed by atoms with Crippen molar-refractivity contribution < 1.29 is 199 Å². The van der Waals surface area contributed by atoms with Gasteiger partial charge in [-0.25, -0.2) is 0 Å². The Hall–Kier alpha value is -1.60. The van der Waals surface area contributed by atoms with Crippen LogP contribution >= 0.6 is 0 Å². The van der Waals surface area contributed by atoms with Crippen molar-refractivity contribution in [2.24, 2.45) is 5.92 Å². The van der Waals surface area contributed by atoms with Gasteiger partial charge in [0.1, 0.15) is 186 Å². The van der Waals surface area contributed by atoms with Crippen LogP contribution in [0.5, 0.6) is 0 Å². The summed E-state index contributed by atoms with van der Waals surface area (Å²) in [5.74, 6) is -19.2. The van der Waals surface area contributed by atoms with Gasteiger partial charge in [0.25, 0.3) is 0 Å². The monoisotopic (exact) mass is 1300 g/mol. The van der Waals surface area contributed by atoms with Gasteiger partial charge in [0, 0.05) is 5.92 Å². The second kappa shape index (κ2) is 28.0. The molecule has 33 atom stereocenters. The highest BCUT2D eigenvalue weighted by Gasteiger charge is 2.70. The van der Waals surface area contributed by atoms with E-state index in [9.17, 15) is 133 Å². The van der Waals surface area contributed by atoms with Gasteiger partial charge >= 0.3 is 0 Å². The van der Waals surface area contributed by atoms with E-state index in [2.05, 4.69) is 0 Å². The van der Waals surface area contributed by atoms with Crippen LogP contribution in [0.4, 0.5) is 0 Å². The standard InChI is InChI=1S/C48H82O40/c49-1-16-24(58)34(68)42(16,10-76-43(9-57)35(69)26(60)18(3-51)82-43)75-11-44(36(70)27(61)19(4-52)83-44)77-12-45(37(71)28(62)20(5-53)84-45)78-13-46(38(72)29(63)21(6-54)85-46)79-14-47(39(73)30(64)22(7-55)86-47)80-15-48(40(74)31(65)23(8-56)87-48)88-41-33(67)32(66)25(59)17(2-50)81-41/h16-41,49-74H,1-15H2/t16-,17-,18-,19-,20-,21-,22-,23-,24-,25-,26-,27-,28-,29-,30-,31-,32+,33-,34+,35+,36+,37+,38+,39+,40+,41-,42-,43-,44-,45-,46-,47-,48+/m1/s1. The molecule has 88 heavy (non-hydrogen) atoms. The van der Waals surface area contributed by atoms with E-state index in [1.54, 1.807) is 0 Å². The van der Waals surface area contributed by atoms with Gasteiger partial charge in [0.05, 0.1) is 65.6 Å². The second-order valence-corrected chi connectivity index (χ2v) is 22.9. The highest BCUT2D eigenvalue weighted by atomic mass is 16.8. The Kier molecular flexibility index (Phi) is 23.0. The molecular weight excluding hydrogens is 1220 g/mol. The lowest BCUT2D eigenvalue weighted by atomic mass is 9.64. The van der Waals surface area contributed by atoms with Crippen LogP contribution in [-0.2, 0) is 66.3 Å². The zero-order chi connectivity index (χ0) is 65.0. The van der Waals surface area contributed by atoms with Gasteiger partial charge in [-0.2, -0.15) is 0 Å². The number of hydrogen-bond acceptors (Lipinski definition) is 40. The molecule has 26 N–H and O–H groups in total. The van der Waals surface area contributed by atoms with Crippen molar-refractivity contribution in [3.63, 3.8) is 0 Å². The quantitative estimate of drug-likeness (QED) is 0.0331. The maximum absolute atomic E-state index is 11.8. The average Bonchev–Trinajstić information content (AvgIpc) is 0.791. The summed E-state index contributed by atoms with van der Waals surface area (Å²) in [6.07, 6.45) is -51.8. The highest BCUT2D eigenvalue weighted by Crippen LogP contribution is 2.49. The molecule has 40 heteroatoms. The Bertz CT molecular complexity index is 2240. The van der Waals surface area contributed by atoms with E-state index in [1.165, 1.54) is 0 Å². The molecule has 0 bridgehead atoms. The van der Waals surface area contributed by atoms with E-state index in [0.717, 1.165) is 0 Å². The van der Waals surface area contributed by atoms with E-state index < -0.39 is 298 Å². The first-order valence-corrected chi connectivity index (χ1v) is 27.8. The van der Waals surface area contributed by atoms with Crippen LogP contribution in [0.2, 0.25) is 0 Å². The first-order valence-electron chi connectivity index (χ1n) is 27.8. The van der Waals surface area contributed by atoms with Crippen molar-refractivity contribution >= 4 is 0 Å². The molecule has 7 aliphatic heterocycles. The Morgan fingerprint density at radius 2 is 0.534 bits per heavy atom. The number of aliphatic hydroxyl groups is 26. The maximum atomic E-state index is 11.8. The van der Waals surface area contributed by atoms with Crippen molar-refractivity contribution in [2.75, 3.05) is 99.1 Å². The topological polar surface area (TPSA) is 655 Å². The molecule has 0 aromatic rings. The third-order valence-electron chi connectivity index (χ3n) is 17.7. The molecule has 0 spiro atoms. The molecule has 8 rings (SSSR count). The molecule has 1 aliphatic carbocycles. The van der Waals surface area contributed by atoms with E-state index >= 15 is 0 Å². The summed E-state index contributed by atoms with van der Waals surface area (Å²) in [5.41, 5.74) is -2.45. The van der Waals surface area contributed by atoms with Crippen molar-refractivity contribution in [2.45, 2.75) is 193 Å². The summed E-state index contributed by atoms with van der Waals surface area (Å²) in [6.45, 7) is -18.0. The SMILES string of the molecule is OC[C@@H]1[C@@H](O)[C@H](O)[C@]1(CO[C@]1(CO)O[C@H](CO)[C@@H](O)[C@@H]1O)OC[C@@]1(OC[C@@]2(OC[C@@]3(OC[C@@]4(OC[C@@]5(O[C@H]6O[C@H](CO)[C@@H](O)[C@H](O)[C@H]6O)O[C@H](CO)[C@@H](O)[C@@H]5O)O[C@H](CO)[C@@H](O)[C@@H]4O)O[C@H](CO)[C@@H](O)[C@@H]3O)O[C@H](CO)[C@@H](O)[C@@H]2O)O[C@H](CO)[C@@H](O)[C@@H]1O. The van der Waals surface area contributed by atoms with Crippen LogP contribution in [-0.4, -0.2) is 425 Å². The minimum Gasteiger partial charge on any atom is -0.396 e. The van der Waals surface area contributed by atoms with Crippen LogP contribution in [0.1, 0.15) is 0 Å². The molecule has 7 saturated heterocycles. The second-order valence-electron chi connectivity index (χ2n) is 22.9. The first-order chi connectivity index (χ1) is 41.5. The molecule has 8 fully saturated rings. The predicted molar refractivity (Wildman–Crippen MR) is 263 cm³/mol. The fourth-order valence-electron chi connectivity index (χ4n) is 12.0. The van der Waals surface area contributed by atoms with E-state index in [0.29, 0.717) is 0 Å². The lowest BCUT2D eigenvalue weighted by Gasteiger charge is -2.56. The molecule has 0 aromatic carbocycles. The third kappa shape index (κ3) is 12.3. The van der Waals surface area contributed by atoms with E-state index in [4.69, 9.17) is 66.3 Å². The van der Waals surface area contributed by atoms with Gasteiger partial charge in [-0.05, 0) is 0 Å². The molecule has 514 valence electrons. The Labute approximate surface area is 496 Å². The minimum absolute atomic E-state index is 0.908. The summed E-state index contributed by atoms with van der Waals surface area (Å²) in [7, 11) is 0. The van der Waals surface area contributed by atoms with Crippen molar-refractivity contribution in [1.82, 2.24) is 0 Å². The van der Waals surface area contributed by atoms with Gasteiger partial charge in [-0.15, -0.1) is 0 Å². The number of ether oxygens (including phenoxy) is 14. The van der Waals surface area contributed by atoms with Crippen molar-refractivity contribution in [3.8, 4) is 0 Å². The molecule has 0 aromatic heterocycles. The molecular formula is C48H82O40. The highest BCUT2D eigenvalue weighted by molar-refractivity contribution is 5.14. The summed E-state index contributed by atoms with van der Waals surface area (Å²) in [4.78, 5) is 0. The molecule has 40 nitrogen and oxygen atoms in total. The van der Waals surface area contributed by atoms with E-state index in [-0.39, 0.29) is 0 Å². The van der Waals surface area contributed by atoms with Crippen LogP contribution < -0.4 is 0 Å². The number of rotatable bonds is 29. The van der Waals surface area contributed by atoms with Crippen molar-refractivity contribution in [3.05, 3.63) is 0 Å². The minimum atomic E-state index is -3.07. The fraction of sp³-hybridized carbons (Fsp3) is 1.00. The average molecular weight is 1300 g/mol. The zero-order valence-electron chi connectivity index (χ0n) is 46.5. The van der Waals surface area contributed by atoms with Crippen LogP contribution in [0, 0.1) is 5.92 Å². The van der Waals surface area contributed by atoms with Gasteiger partial charge in [-0.1, -0.05) is 0 Å². The number of aliphatic hydroxyl groups excluding tert-OH is 26. The summed E-state index contributed by atoms with van der Waals surface area (Å²) >= 11 is 0. The van der Waals surface area contributed by atoms with Crippen LogP contribution in [0.15, 0.2) is 0 Å². The van der Waals surface area contributed by atoms with Gasteiger partial charge in [-0.3, -0.25) is 0 Å². The van der Waals surface area contributed by atoms with Gasteiger partial charge in [0.2, 0.25) is 34.7 Å².